The highest BCUT2D eigenvalue weighted by Gasteiger charge is 2.27. The van der Waals surface area contributed by atoms with Crippen molar-refractivity contribution in [3.63, 3.8) is 0 Å². The molecule has 1 aliphatic rings. The van der Waals surface area contributed by atoms with Crippen molar-refractivity contribution in [2.75, 3.05) is 19.6 Å². The minimum atomic E-state index is -0.0202. The number of carbonyl (C=O) groups excluding carboxylic acids is 2. The molecule has 3 aromatic rings. The van der Waals surface area contributed by atoms with E-state index in [0.717, 1.165) is 29.0 Å². The van der Waals surface area contributed by atoms with E-state index in [0.29, 0.717) is 45.3 Å². The van der Waals surface area contributed by atoms with Gasteiger partial charge in [0.15, 0.2) is 0 Å². The number of amides is 2. The molecule has 1 aromatic carbocycles. The van der Waals surface area contributed by atoms with Gasteiger partial charge in [0.1, 0.15) is 5.82 Å². The Kier molecular flexibility index (Phi) is 6.37. The molecule has 0 radical (unpaired) electrons. The van der Waals surface area contributed by atoms with Gasteiger partial charge in [-0.15, -0.1) is 0 Å². The maximum absolute atomic E-state index is 12.6. The number of hydrogen-bond acceptors (Lipinski definition) is 4. The van der Waals surface area contributed by atoms with E-state index in [1.165, 1.54) is 0 Å². The van der Waals surface area contributed by atoms with Gasteiger partial charge in [-0.2, -0.15) is 0 Å². The number of aryl methyl sites for hydroxylation is 1. The van der Waals surface area contributed by atoms with E-state index in [1.54, 1.807) is 6.20 Å². The fraction of sp³-hybridized carbons (Fsp3) is 0.391. The Morgan fingerprint density at radius 2 is 1.87 bits per heavy atom. The van der Waals surface area contributed by atoms with Crippen LogP contribution in [-0.4, -0.2) is 51.3 Å². The van der Waals surface area contributed by atoms with Crippen LogP contribution in [0, 0.1) is 5.92 Å². The number of aromatic nitrogens is 3. The van der Waals surface area contributed by atoms with E-state index in [1.807, 2.05) is 47.4 Å². The summed E-state index contributed by atoms with van der Waals surface area (Å²) in [5.41, 5.74) is 2.90. The number of benzene rings is 1. The number of para-hydroxylation sites is 2. The van der Waals surface area contributed by atoms with Crippen LogP contribution in [0.15, 0.2) is 48.7 Å². The van der Waals surface area contributed by atoms with E-state index in [-0.39, 0.29) is 17.7 Å². The number of nitrogens with zero attached hydrogens (tertiary/aromatic N) is 3. The summed E-state index contributed by atoms with van der Waals surface area (Å²) in [6.45, 7) is 1.86. The first kappa shape index (κ1) is 20.1. The first-order chi connectivity index (χ1) is 14.7. The van der Waals surface area contributed by atoms with Crippen molar-refractivity contribution in [2.24, 2.45) is 5.92 Å². The monoisotopic (exact) mass is 405 g/mol. The number of aromatic amines is 1. The third-order valence-electron chi connectivity index (χ3n) is 5.64. The predicted octanol–water partition coefficient (Wildman–Crippen LogP) is 2.49. The molecule has 0 saturated carbocycles. The van der Waals surface area contributed by atoms with Crippen molar-refractivity contribution in [1.82, 2.24) is 25.2 Å². The molecule has 156 valence electrons. The Morgan fingerprint density at radius 3 is 2.63 bits per heavy atom. The predicted molar refractivity (Wildman–Crippen MR) is 115 cm³/mol. The zero-order valence-electron chi connectivity index (χ0n) is 17.0. The van der Waals surface area contributed by atoms with Crippen LogP contribution in [0.25, 0.3) is 11.0 Å². The highest BCUT2D eigenvalue weighted by atomic mass is 16.2. The Bertz CT molecular complexity index is 960. The minimum absolute atomic E-state index is 0.0202. The largest absolute Gasteiger partial charge is 0.355 e. The smallest absolute Gasteiger partial charge is 0.223 e. The van der Waals surface area contributed by atoms with Crippen LogP contribution in [0.5, 0.6) is 0 Å². The standard InChI is InChI=1S/C23H27N5O2/c29-22(9-8-21-26-19-6-1-2-7-20(19)27-21)28-15-11-17(12-16-28)23(30)25-14-10-18-5-3-4-13-24-18/h1-7,13,17H,8-12,14-16H2,(H,25,30)(H,26,27). The van der Waals surface area contributed by atoms with Gasteiger partial charge < -0.3 is 15.2 Å². The molecule has 0 unspecified atom stereocenters. The maximum atomic E-state index is 12.6. The number of fused-ring (bicyclic) bond motifs is 1. The third kappa shape index (κ3) is 5.03. The van der Waals surface area contributed by atoms with Crippen molar-refractivity contribution >= 4 is 22.8 Å². The maximum Gasteiger partial charge on any atom is 0.223 e. The molecule has 0 spiro atoms. The molecule has 0 bridgehead atoms. The van der Waals surface area contributed by atoms with Gasteiger partial charge in [-0.25, -0.2) is 4.98 Å². The number of H-pyrrole nitrogens is 1. The van der Waals surface area contributed by atoms with Crippen molar-refractivity contribution in [2.45, 2.75) is 32.1 Å². The lowest BCUT2D eigenvalue weighted by Gasteiger charge is -2.31. The molecule has 2 amide bonds. The first-order valence-corrected chi connectivity index (χ1v) is 10.6. The quantitative estimate of drug-likeness (QED) is 0.632. The molecule has 7 nitrogen and oxygen atoms in total. The Labute approximate surface area is 175 Å². The van der Waals surface area contributed by atoms with Crippen LogP contribution in [0.3, 0.4) is 0 Å². The molecule has 1 fully saturated rings. The summed E-state index contributed by atoms with van der Waals surface area (Å²) in [5, 5.41) is 3.01. The Morgan fingerprint density at radius 1 is 1.07 bits per heavy atom. The lowest BCUT2D eigenvalue weighted by Crippen LogP contribution is -2.43. The van der Waals surface area contributed by atoms with Crippen LogP contribution in [0.2, 0.25) is 0 Å². The number of hydrogen-bond donors (Lipinski definition) is 2. The van der Waals surface area contributed by atoms with Crippen molar-refractivity contribution in [1.29, 1.82) is 0 Å². The van der Waals surface area contributed by atoms with Gasteiger partial charge in [0.2, 0.25) is 11.8 Å². The fourth-order valence-electron chi connectivity index (χ4n) is 3.90. The second-order valence-electron chi connectivity index (χ2n) is 7.72. The Hall–Kier alpha value is -3.22. The SMILES string of the molecule is O=C(NCCc1ccccn1)C1CCN(C(=O)CCc2nc3ccccc3[nH]2)CC1. The van der Waals surface area contributed by atoms with Crippen molar-refractivity contribution < 1.29 is 9.59 Å². The zero-order valence-corrected chi connectivity index (χ0v) is 17.0. The van der Waals surface area contributed by atoms with Gasteiger partial charge in [0, 0.05) is 56.7 Å². The first-order valence-electron chi connectivity index (χ1n) is 10.6. The lowest BCUT2D eigenvalue weighted by molar-refractivity contribution is -0.135. The van der Waals surface area contributed by atoms with E-state index in [4.69, 9.17) is 0 Å². The van der Waals surface area contributed by atoms with E-state index in [9.17, 15) is 9.59 Å². The molecule has 0 aliphatic carbocycles. The molecule has 3 heterocycles. The number of rotatable bonds is 7. The number of carbonyl (C=O) groups is 2. The topological polar surface area (TPSA) is 91.0 Å². The lowest BCUT2D eigenvalue weighted by atomic mass is 9.95. The molecular weight excluding hydrogens is 378 g/mol. The van der Waals surface area contributed by atoms with E-state index in [2.05, 4.69) is 20.3 Å². The molecule has 7 heteroatoms. The van der Waals surface area contributed by atoms with E-state index < -0.39 is 0 Å². The van der Waals surface area contributed by atoms with Crippen LogP contribution >= 0.6 is 0 Å². The van der Waals surface area contributed by atoms with E-state index >= 15 is 0 Å². The highest BCUT2D eigenvalue weighted by Crippen LogP contribution is 2.19. The number of piperidine rings is 1. The van der Waals surface area contributed by atoms with Gasteiger partial charge in [0.25, 0.3) is 0 Å². The molecule has 0 atom stereocenters. The molecule has 30 heavy (non-hydrogen) atoms. The van der Waals surface area contributed by atoms with Gasteiger partial charge in [-0.05, 0) is 37.1 Å². The minimum Gasteiger partial charge on any atom is -0.355 e. The summed E-state index contributed by atoms with van der Waals surface area (Å²) in [6, 6.07) is 13.7. The average molecular weight is 406 g/mol. The second-order valence-corrected chi connectivity index (χ2v) is 7.72. The summed E-state index contributed by atoms with van der Waals surface area (Å²) in [6.07, 6.45) is 4.95. The third-order valence-corrected chi connectivity index (χ3v) is 5.64. The second kappa shape index (κ2) is 9.52. The summed E-state index contributed by atoms with van der Waals surface area (Å²) >= 11 is 0. The molecule has 4 rings (SSSR count). The van der Waals surface area contributed by atoms with Crippen LogP contribution in [0.1, 0.15) is 30.8 Å². The molecule has 2 aromatic heterocycles. The molecule has 1 saturated heterocycles. The van der Waals surface area contributed by atoms with Gasteiger partial charge in [-0.1, -0.05) is 18.2 Å². The van der Waals surface area contributed by atoms with Crippen LogP contribution in [-0.2, 0) is 22.4 Å². The number of nitrogens with one attached hydrogen (secondary N) is 2. The van der Waals surface area contributed by atoms with Crippen molar-refractivity contribution in [3.05, 3.63) is 60.2 Å². The number of likely N-dealkylation sites (tertiary alicyclic amines) is 1. The zero-order chi connectivity index (χ0) is 20.8. The molecule has 1 aliphatic heterocycles. The number of imidazole rings is 1. The summed E-state index contributed by atoms with van der Waals surface area (Å²) < 4.78 is 0. The molecule has 2 N–H and O–H groups in total. The Balaban J connectivity index is 1.18. The summed E-state index contributed by atoms with van der Waals surface area (Å²) in [7, 11) is 0. The van der Waals surface area contributed by atoms with Crippen LogP contribution < -0.4 is 5.32 Å². The average Bonchev–Trinajstić information content (AvgIpc) is 3.21. The fourth-order valence-corrected chi connectivity index (χ4v) is 3.90. The van der Waals surface area contributed by atoms with Crippen LogP contribution in [0.4, 0.5) is 0 Å². The van der Waals surface area contributed by atoms with Gasteiger partial charge >= 0.3 is 0 Å². The summed E-state index contributed by atoms with van der Waals surface area (Å²) in [4.78, 5) is 38.9. The van der Waals surface area contributed by atoms with Crippen molar-refractivity contribution in [3.8, 4) is 0 Å². The molecular formula is C23H27N5O2. The number of pyridine rings is 1. The highest BCUT2D eigenvalue weighted by molar-refractivity contribution is 5.80. The normalized spacial score (nSPS) is 14.7. The summed E-state index contributed by atoms with van der Waals surface area (Å²) in [5.74, 6) is 1.03. The van der Waals surface area contributed by atoms with Gasteiger partial charge in [-0.3, -0.25) is 14.6 Å². The van der Waals surface area contributed by atoms with Gasteiger partial charge in [0.05, 0.1) is 11.0 Å².